The predicted molar refractivity (Wildman–Crippen MR) is 96.3 cm³/mol. The quantitative estimate of drug-likeness (QED) is 0.604. The first kappa shape index (κ1) is 17.2. The van der Waals surface area contributed by atoms with Crippen LogP contribution in [0.1, 0.15) is 16.0 Å². The van der Waals surface area contributed by atoms with E-state index in [9.17, 15) is 8.42 Å². The SMILES string of the molecule is O=S(=O)(Cc1cccc(Cl)c1)N(Cc1ccoc1)Cc1cccs1. The Labute approximate surface area is 150 Å². The molecule has 0 unspecified atom stereocenters. The van der Waals surface area contributed by atoms with Crippen LogP contribution in [-0.4, -0.2) is 12.7 Å². The van der Waals surface area contributed by atoms with Gasteiger partial charge < -0.3 is 4.42 Å². The molecule has 0 fully saturated rings. The van der Waals surface area contributed by atoms with Gasteiger partial charge in [0.2, 0.25) is 10.0 Å². The second kappa shape index (κ2) is 7.53. The van der Waals surface area contributed by atoms with Gasteiger partial charge in [0.25, 0.3) is 0 Å². The maximum atomic E-state index is 12.9. The molecule has 0 bridgehead atoms. The molecule has 3 rings (SSSR count). The van der Waals surface area contributed by atoms with Gasteiger partial charge in [0, 0.05) is 28.6 Å². The maximum absolute atomic E-state index is 12.9. The average Bonchev–Trinajstić information content (AvgIpc) is 3.19. The Morgan fingerprint density at radius 3 is 2.62 bits per heavy atom. The van der Waals surface area contributed by atoms with Crippen LogP contribution in [0.15, 0.2) is 64.8 Å². The zero-order valence-electron chi connectivity index (χ0n) is 12.8. The standard InChI is InChI=1S/C17H16ClNO3S2/c18-16-4-1-3-14(9-16)13-24(20,21)19(10-15-6-7-22-12-15)11-17-5-2-8-23-17/h1-9,12H,10-11,13H2. The number of halogens is 1. The van der Waals surface area contributed by atoms with Gasteiger partial charge in [0.05, 0.1) is 18.3 Å². The molecule has 0 N–H and O–H groups in total. The second-order valence-corrected chi connectivity index (χ2v) is 8.80. The fourth-order valence-corrected chi connectivity index (χ4v) is 4.82. The Bertz CT molecular complexity index is 838. The summed E-state index contributed by atoms with van der Waals surface area (Å²) >= 11 is 7.50. The molecular formula is C17H16ClNO3S2. The molecular weight excluding hydrogens is 366 g/mol. The highest BCUT2D eigenvalue weighted by Crippen LogP contribution is 2.21. The second-order valence-electron chi connectivity index (χ2n) is 5.37. The molecule has 0 aliphatic rings. The summed E-state index contributed by atoms with van der Waals surface area (Å²) in [5.74, 6) is -0.0865. The van der Waals surface area contributed by atoms with Gasteiger partial charge in [-0.2, -0.15) is 4.31 Å². The smallest absolute Gasteiger partial charge is 0.218 e. The van der Waals surface area contributed by atoms with Gasteiger partial charge in [-0.15, -0.1) is 11.3 Å². The van der Waals surface area contributed by atoms with Gasteiger partial charge in [-0.25, -0.2) is 8.42 Å². The summed E-state index contributed by atoms with van der Waals surface area (Å²) in [5.41, 5.74) is 1.49. The fraction of sp³-hybridized carbons (Fsp3) is 0.176. The molecule has 4 nitrogen and oxygen atoms in total. The van der Waals surface area contributed by atoms with Crippen LogP contribution >= 0.6 is 22.9 Å². The van der Waals surface area contributed by atoms with Crippen molar-refractivity contribution in [2.45, 2.75) is 18.8 Å². The van der Waals surface area contributed by atoms with E-state index in [4.69, 9.17) is 16.0 Å². The van der Waals surface area contributed by atoms with E-state index in [0.717, 1.165) is 10.4 Å². The largest absolute Gasteiger partial charge is 0.472 e. The van der Waals surface area contributed by atoms with E-state index in [1.165, 1.54) is 15.6 Å². The van der Waals surface area contributed by atoms with Gasteiger partial charge >= 0.3 is 0 Å². The Morgan fingerprint density at radius 1 is 1.08 bits per heavy atom. The summed E-state index contributed by atoms with van der Waals surface area (Å²) < 4.78 is 32.4. The molecule has 24 heavy (non-hydrogen) atoms. The number of benzene rings is 1. The molecule has 0 aliphatic carbocycles. The van der Waals surface area contributed by atoms with Crippen molar-refractivity contribution < 1.29 is 12.8 Å². The molecule has 0 saturated heterocycles. The first-order valence-corrected chi connectivity index (χ1v) is 10.2. The van der Waals surface area contributed by atoms with Crippen LogP contribution in [0.5, 0.6) is 0 Å². The number of rotatable bonds is 7. The first-order valence-electron chi connectivity index (χ1n) is 7.29. The molecule has 0 saturated carbocycles. The number of furan rings is 1. The minimum absolute atomic E-state index is 0.0865. The van der Waals surface area contributed by atoms with E-state index in [1.807, 2.05) is 17.5 Å². The highest BCUT2D eigenvalue weighted by atomic mass is 35.5. The van der Waals surface area contributed by atoms with Crippen LogP contribution in [-0.2, 0) is 28.9 Å². The van der Waals surface area contributed by atoms with Crippen molar-refractivity contribution in [1.29, 1.82) is 0 Å². The Hall–Kier alpha value is -1.60. The lowest BCUT2D eigenvalue weighted by molar-refractivity contribution is 0.401. The molecule has 0 radical (unpaired) electrons. The molecule has 0 amide bonds. The lowest BCUT2D eigenvalue weighted by Crippen LogP contribution is -2.31. The van der Waals surface area contributed by atoms with Crippen LogP contribution < -0.4 is 0 Å². The van der Waals surface area contributed by atoms with Gasteiger partial charge in [0.15, 0.2) is 0 Å². The van der Waals surface area contributed by atoms with Crippen molar-refractivity contribution in [1.82, 2.24) is 4.31 Å². The number of hydrogen-bond acceptors (Lipinski definition) is 4. The summed E-state index contributed by atoms with van der Waals surface area (Å²) in [5, 5.41) is 2.47. The Kier molecular flexibility index (Phi) is 5.40. The molecule has 0 aliphatic heterocycles. The number of sulfonamides is 1. The normalized spacial score (nSPS) is 11.9. The van der Waals surface area contributed by atoms with Crippen molar-refractivity contribution in [2.75, 3.05) is 0 Å². The molecule has 126 valence electrons. The summed E-state index contributed by atoms with van der Waals surface area (Å²) in [6.45, 7) is 0.614. The third-order valence-corrected chi connectivity index (χ3v) is 6.32. The van der Waals surface area contributed by atoms with Crippen molar-refractivity contribution in [3.63, 3.8) is 0 Å². The van der Waals surface area contributed by atoms with E-state index in [2.05, 4.69) is 0 Å². The number of hydrogen-bond donors (Lipinski definition) is 0. The summed E-state index contributed by atoms with van der Waals surface area (Å²) in [6, 6.07) is 12.6. The van der Waals surface area contributed by atoms with Crippen LogP contribution in [0, 0.1) is 0 Å². The van der Waals surface area contributed by atoms with Gasteiger partial charge in [-0.1, -0.05) is 29.8 Å². The fourth-order valence-electron chi connectivity index (χ4n) is 2.34. The van der Waals surface area contributed by atoms with E-state index in [-0.39, 0.29) is 12.3 Å². The first-order chi connectivity index (χ1) is 11.5. The number of nitrogens with zero attached hydrogens (tertiary/aromatic N) is 1. The highest BCUT2D eigenvalue weighted by molar-refractivity contribution is 7.88. The lowest BCUT2D eigenvalue weighted by atomic mass is 10.2. The molecule has 0 atom stereocenters. The molecule has 2 aromatic heterocycles. The van der Waals surface area contributed by atoms with E-state index < -0.39 is 10.0 Å². The molecule has 0 spiro atoms. The third kappa shape index (κ3) is 4.48. The van der Waals surface area contributed by atoms with Gasteiger partial charge in [-0.3, -0.25) is 0 Å². The van der Waals surface area contributed by atoms with Crippen LogP contribution in [0.4, 0.5) is 0 Å². The minimum atomic E-state index is -3.50. The van der Waals surface area contributed by atoms with Crippen LogP contribution in [0.2, 0.25) is 5.02 Å². The predicted octanol–water partition coefficient (Wildman–Crippen LogP) is 4.53. The zero-order chi connectivity index (χ0) is 17.0. The summed E-state index contributed by atoms with van der Waals surface area (Å²) in [6.07, 6.45) is 3.11. The highest BCUT2D eigenvalue weighted by Gasteiger charge is 2.24. The van der Waals surface area contributed by atoms with Crippen molar-refractivity contribution in [2.24, 2.45) is 0 Å². The van der Waals surface area contributed by atoms with Crippen molar-refractivity contribution in [3.8, 4) is 0 Å². The van der Waals surface area contributed by atoms with Gasteiger partial charge in [-0.05, 0) is 35.2 Å². The number of thiophene rings is 1. The minimum Gasteiger partial charge on any atom is -0.472 e. The molecule has 2 heterocycles. The van der Waals surface area contributed by atoms with Crippen LogP contribution in [0.3, 0.4) is 0 Å². The van der Waals surface area contributed by atoms with E-state index >= 15 is 0 Å². The monoisotopic (exact) mass is 381 g/mol. The Morgan fingerprint density at radius 2 is 1.96 bits per heavy atom. The molecule has 7 heteroatoms. The van der Waals surface area contributed by atoms with Crippen molar-refractivity contribution >= 4 is 33.0 Å². The zero-order valence-corrected chi connectivity index (χ0v) is 15.2. The summed E-state index contributed by atoms with van der Waals surface area (Å²) in [4.78, 5) is 0.994. The average molecular weight is 382 g/mol. The Balaban J connectivity index is 1.84. The van der Waals surface area contributed by atoms with Crippen molar-refractivity contribution in [3.05, 3.63) is 81.4 Å². The van der Waals surface area contributed by atoms with E-state index in [0.29, 0.717) is 17.1 Å². The topological polar surface area (TPSA) is 50.5 Å². The lowest BCUT2D eigenvalue weighted by Gasteiger charge is -2.21. The van der Waals surface area contributed by atoms with Crippen LogP contribution in [0.25, 0.3) is 0 Å². The summed E-state index contributed by atoms with van der Waals surface area (Å²) in [7, 11) is -3.50. The van der Waals surface area contributed by atoms with Gasteiger partial charge in [0.1, 0.15) is 0 Å². The molecule has 3 aromatic rings. The van der Waals surface area contributed by atoms with E-state index in [1.54, 1.807) is 42.9 Å². The third-order valence-electron chi connectivity index (χ3n) is 3.48. The molecule has 1 aromatic carbocycles. The maximum Gasteiger partial charge on any atom is 0.218 e.